The molecular weight excluding hydrogens is 372 g/mol. The minimum absolute atomic E-state index is 0.0814. The van der Waals surface area contributed by atoms with E-state index in [1.54, 1.807) is 17.0 Å². The van der Waals surface area contributed by atoms with E-state index in [0.29, 0.717) is 18.0 Å². The molecule has 0 unspecified atom stereocenters. The molecule has 0 radical (unpaired) electrons. The van der Waals surface area contributed by atoms with E-state index in [1.165, 1.54) is 0 Å². The van der Waals surface area contributed by atoms with Crippen molar-refractivity contribution >= 4 is 23.4 Å². The van der Waals surface area contributed by atoms with Crippen LogP contribution in [0.3, 0.4) is 0 Å². The Morgan fingerprint density at radius 2 is 1.61 bits per heavy atom. The van der Waals surface area contributed by atoms with Crippen LogP contribution < -0.4 is 5.32 Å². The maximum absolute atomic E-state index is 13.2. The molecule has 2 amide bonds. The van der Waals surface area contributed by atoms with Gasteiger partial charge in [0.2, 0.25) is 11.8 Å². The van der Waals surface area contributed by atoms with E-state index in [4.69, 9.17) is 11.6 Å². The third-order valence-electron chi connectivity index (χ3n) is 4.35. The number of hydrogen-bond acceptors (Lipinski definition) is 2. The van der Waals surface area contributed by atoms with Gasteiger partial charge in [0, 0.05) is 17.1 Å². The Morgan fingerprint density at radius 3 is 2.14 bits per heavy atom. The van der Waals surface area contributed by atoms with Gasteiger partial charge in [0.25, 0.3) is 0 Å². The minimum atomic E-state index is -0.528. The first-order chi connectivity index (χ1) is 13.2. The molecule has 2 aromatic rings. The molecule has 0 fully saturated rings. The fraction of sp³-hybridized carbons (Fsp3) is 0.391. The second kappa shape index (κ2) is 9.74. The number of benzene rings is 2. The average molecular weight is 401 g/mol. The molecule has 4 nitrogen and oxygen atoms in total. The second-order valence-electron chi connectivity index (χ2n) is 7.97. The molecule has 1 N–H and O–H groups in total. The molecule has 0 aliphatic heterocycles. The Hall–Kier alpha value is -2.33. The number of rotatable bonds is 7. The number of nitrogens with zero attached hydrogens (tertiary/aromatic N) is 1. The van der Waals surface area contributed by atoms with Crippen LogP contribution in [0, 0.1) is 0 Å². The summed E-state index contributed by atoms with van der Waals surface area (Å²) in [6.45, 7) is 8.14. The third kappa shape index (κ3) is 6.68. The molecule has 0 heterocycles. The molecule has 0 saturated carbocycles. The van der Waals surface area contributed by atoms with Gasteiger partial charge in [-0.3, -0.25) is 9.59 Å². The average Bonchev–Trinajstić information content (AvgIpc) is 2.63. The smallest absolute Gasteiger partial charge is 0.243 e. The van der Waals surface area contributed by atoms with Gasteiger partial charge >= 0.3 is 0 Å². The molecular formula is C23H29ClN2O2. The van der Waals surface area contributed by atoms with Gasteiger partial charge in [0.15, 0.2) is 0 Å². The maximum Gasteiger partial charge on any atom is 0.243 e. The summed E-state index contributed by atoms with van der Waals surface area (Å²) >= 11 is 5.95. The lowest BCUT2D eigenvalue weighted by Gasteiger charge is -2.33. The van der Waals surface area contributed by atoms with Crippen LogP contribution >= 0.6 is 11.6 Å². The highest BCUT2D eigenvalue weighted by atomic mass is 35.5. The topological polar surface area (TPSA) is 49.4 Å². The van der Waals surface area contributed by atoms with E-state index in [9.17, 15) is 9.59 Å². The Balaban J connectivity index is 2.27. The molecule has 0 aliphatic rings. The largest absolute Gasteiger partial charge is 0.350 e. The number of halogens is 1. The summed E-state index contributed by atoms with van der Waals surface area (Å²) in [5.74, 6) is -0.211. The maximum atomic E-state index is 13.2. The van der Waals surface area contributed by atoms with E-state index in [1.807, 2.05) is 70.2 Å². The molecule has 1 atom stereocenters. The van der Waals surface area contributed by atoms with Gasteiger partial charge in [-0.25, -0.2) is 0 Å². The zero-order chi connectivity index (χ0) is 20.7. The Kier molecular flexibility index (Phi) is 7.64. The van der Waals surface area contributed by atoms with E-state index < -0.39 is 6.04 Å². The van der Waals surface area contributed by atoms with Crippen molar-refractivity contribution in [3.63, 3.8) is 0 Å². The van der Waals surface area contributed by atoms with Crippen LogP contribution in [0.15, 0.2) is 54.6 Å². The van der Waals surface area contributed by atoms with Crippen LogP contribution in [0.1, 0.15) is 45.2 Å². The summed E-state index contributed by atoms with van der Waals surface area (Å²) in [6.07, 6.45) is 0.768. The normalized spacial score (nSPS) is 12.3. The number of carbonyl (C=O) groups excluding carboxylic acids is 2. The number of hydrogen-bond donors (Lipinski definition) is 1. The van der Waals surface area contributed by atoms with Crippen LogP contribution in [-0.4, -0.2) is 28.3 Å². The van der Waals surface area contributed by atoms with Crippen LogP contribution in [0.25, 0.3) is 0 Å². The monoisotopic (exact) mass is 400 g/mol. The summed E-state index contributed by atoms with van der Waals surface area (Å²) in [5, 5.41) is 3.65. The highest BCUT2D eigenvalue weighted by Crippen LogP contribution is 2.17. The van der Waals surface area contributed by atoms with Crippen LogP contribution in [0.2, 0.25) is 5.02 Å². The zero-order valence-electron chi connectivity index (χ0n) is 17.0. The van der Waals surface area contributed by atoms with Crippen molar-refractivity contribution in [2.24, 2.45) is 0 Å². The predicted octanol–water partition coefficient (Wildman–Crippen LogP) is 4.60. The molecule has 28 heavy (non-hydrogen) atoms. The van der Waals surface area contributed by atoms with E-state index in [0.717, 1.165) is 11.1 Å². The van der Waals surface area contributed by atoms with Crippen molar-refractivity contribution < 1.29 is 9.59 Å². The second-order valence-corrected chi connectivity index (χ2v) is 8.41. The van der Waals surface area contributed by atoms with Crippen molar-refractivity contribution in [3.8, 4) is 0 Å². The Bertz CT molecular complexity index is 782. The van der Waals surface area contributed by atoms with Gasteiger partial charge in [0.1, 0.15) is 6.04 Å². The molecule has 150 valence electrons. The van der Waals surface area contributed by atoms with Gasteiger partial charge < -0.3 is 10.2 Å². The van der Waals surface area contributed by atoms with Gasteiger partial charge in [-0.15, -0.1) is 0 Å². The minimum Gasteiger partial charge on any atom is -0.350 e. The predicted molar refractivity (Wildman–Crippen MR) is 114 cm³/mol. The summed E-state index contributed by atoms with van der Waals surface area (Å²) in [6, 6.07) is 16.5. The highest BCUT2D eigenvalue weighted by Gasteiger charge is 2.30. The standard InChI is InChI=1S/C23H29ClN2O2/c1-5-20(22(28)25-23(2,3)4)26(16-18-9-7-6-8-10-18)21(27)15-17-11-13-19(24)14-12-17/h6-14,20H,5,15-16H2,1-4H3,(H,25,28)/t20-/m1/s1. The quantitative estimate of drug-likeness (QED) is 0.738. The molecule has 0 bridgehead atoms. The van der Waals surface area contributed by atoms with Crippen molar-refractivity contribution in [1.29, 1.82) is 0 Å². The molecule has 0 saturated heterocycles. The van der Waals surface area contributed by atoms with Gasteiger partial charge in [-0.05, 0) is 50.5 Å². The molecule has 0 aromatic heterocycles. The first-order valence-electron chi connectivity index (χ1n) is 9.59. The first-order valence-corrected chi connectivity index (χ1v) is 9.97. The van der Waals surface area contributed by atoms with Gasteiger partial charge in [-0.1, -0.05) is 61.0 Å². The van der Waals surface area contributed by atoms with Crippen LogP contribution in [0.4, 0.5) is 0 Å². The lowest BCUT2D eigenvalue weighted by atomic mass is 10.0. The van der Waals surface area contributed by atoms with Crippen molar-refractivity contribution in [2.75, 3.05) is 0 Å². The summed E-state index contributed by atoms with van der Waals surface area (Å²) in [7, 11) is 0. The first kappa shape index (κ1) is 22.0. The lowest BCUT2D eigenvalue weighted by Crippen LogP contribution is -2.53. The summed E-state index contributed by atoms with van der Waals surface area (Å²) < 4.78 is 0. The van der Waals surface area contributed by atoms with Gasteiger partial charge in [0.05, 0.1) is 6.42 Å². The van der Waals surface area contributed by atoms with Crippen molar-refractivity contribution in [1.82, 2.24) is 10.2 Å². The Labute approximate surface area is 172 Å². The number of carbonyl (C=O) groups is 2. The molecule has 5 heteroatoms. The van der Waals surface area contributed by atoms with E-state index in [-0.39, 0.29) is 23.8 Å². The Morgan fingerprint density at radius 1 is 1.00 bits per heavy atom. The van der Waals surface area contributed by atoms with Crippen molar-refractivity contribution in [2.45, 2.75) is 58.7 Å². The fourth-order valence-electron chi connectivity index (χ4n) is 3.03. The van der Waals surface area contributed by atoms with Gasteiger partial charge in [-0.2, -0.15) is 0 Å². The number of amides is 2. The zero-order valence-corrected chi connectivity index (χ0v) is 17.8. The van der Waals surface area contributed by atoms with Crippen molar-refractivity contribution in [3.05, 3.63) is 70.7 Å². The highest BCUT2D eigenvalue weighted by molar-refractivity contribution is 6.30. The molecule has 2 rings (SSSR count). The lowest BCUT2D eigenvalue weighted by molar-refractivity contribution is -0.141. The van der Waals surface area contributed by atoms with Crippen LogP contribution in [0.5, 0.6) is 0 Å². The number of nitrogens with one attached hydrogen (secondary N) is 1. The summed E-state index contributed by atoms with van der Waals surface area (Å²) in [4.78, 5) is 27.8. The fourth-order valence-corrected chi connectivity index (χ4v) is 3.16. The molecule has 0 spiro atoms. The van der Waals surface area contributed by atoms with E-state index >= 15 is 0 Å². The van der Waals surface area contributed by atoms with Crippen LogP contribution in [-0.2, 0) is 22.6 Å². The van der Waals surface area contributed by atoms with E-state index in [2.05, 4.69) is 5.32 Å². The SMILES string of the molecule is CC[C@H](C(=O)NC(C)(C)C)N(Cc1ccccc1)C(=O)Cc1ccc(Cl)cc1. The molecule has 2 aromatic carbocycles. The summed E-state index contributed by atoms with van der Waals surface area (Å²) in [5.41, 5.74) is 1.51. The molecule has 0 aliphatic carbocycles. The third-order valence-corrected chi connectivity index (χ3v) is 4.60.